The maximum Gasteiger partial charge on any atom is 0.0602 e. The lowest BCUT2D eigenvalue weighted by Gasteiger charge is -2.33. The summed E-state index contributed by atoms with van der Waals surface area (Å²) in [5, 5.41) is 3.30. The average Bonchev–Trinajstić information content (AvgIpc) is 2.09. The van der Waals surface area contributed by atoms with Gasteiger partial charge in [0.05, 0.1) is 6.54 Å². The van der Waals surface area contributed by atoms with Crippen molar-refractivity contribution in [2.45, 2.75) is 12.5 Å². The van der Waals surface area contributed by atoms with Gasteiger partial charge in [-0.3, -0.25) is 4.90 Å². The zero-order chi connectivity index (χ0) is 8.81. The number of nitrogens with one attached hydrogen (secondary N) is 1. The fourth-order valence-electron chi connectivity index (χ4n) is 1.47. The highest BCUT2D eigenvalue weighted by Gasteiger charge is 2.19. The number of hydrogen-bond donors (Lipinski definition) is 1. The molecule has 0 aromatic carbocycles. The molecule has 0 aromatic rings. The first-order valence-electron chi connectivity index (χ1n) is 4.20. The van der Waals surface area contributed by atoms with Crippen LogP contribution in [0.25, 0.3) is 0 Å². The summed E-state index contributed by atoms with van der Waals surface area (Å²) in [7, 11) is 0. The Morgan fingerprint density at radius 1 is 1.42 bits per heavy atom. The average molecular weight is 162 g/mol. The first kappa shape index (κ1) is 9.13. The normalized spacial score (nSPS) is 24.3. The molecule has 0 amide bonds. The maximum absolute atomic E-state index is 5.26. The molecule has 1 fully saturated rings. The van der Waals surface area contributed by atoms with Crippen molar-refractivity contribution < 1.29 is 0 Å². The highest BCUT2D eigenvalue weighted by Crippen LogP contribution is 2.05. The second kappa shape index (κ2) is 4.83. The molecule has 0 spiro atoms. The van der Waals surface area contributed by atoms with Gasteiger partial charge in [0.1, 0.15) is 0 Å². The molecule has 0 aromatic heterocycles. The van der Waals surface area contributed by atoms with Gasteiger partial charge in [-0.05, 0) is 0 Å². The third-order valence-corrected chi connectivity index (χ3v) is 2.12. The fourth-order valence-corrected chi connectivity index (χ4v) is 1.47. The van der Waals surface area contributed by atoms with Crippen molar-refractivity contribution >= 4 is 0 Å². The third kappa shape index (κ3) is 2.27. The quantitative estimate of drug-likeness (QED) is 0.571. The summed E-state index contributed by atoms with van der Waals surface area (Å²) in [6.07, 6.45) is 11.3. The Labute approximate surface area is 74.3 Å². The minimum Gasteiger partial charge on any atom is -0.314 e. The largest absolute Gasteiger partial charge is 0.314 e. The molecular formula is C10H14N2. The van der Waals surface area contributed by atoms with E-state index in [0.29, 0.717) is 12.6 Å². The second-order valence-electron chi connectivity index (χ2n) is 2.94. The Morgan fingerprint density at radius 2 is 2.25 bits per heavy atom. The topological polar surface area (TPSA) is 15.3 Å². The van der Waals surface area contributed by atoms with Gasteiger partial charge in [0, 0.05) is 32.1 Å². The number of hydrogen-bond acceptors (Lipinski definition) is 2. The molecule has 64 valence electrons. The van der Waals surface area contributed by atoms with Crippen molar-refractivity contribution in [3.63, 3.8) is 0 Å². The summed E-state index contributed by atoms with van der Waals surface area (Å²) < 4.78 is 0. The molecule has 1 atom stereocenters. The van der Waals surface area contributed by atoms with Gasteiger partial charge < -0.3 is 5.32 Å². The lowest BCUT2D eigenvalue weighted by atomic mass is 10.1. The van der Waals surface area contributed by atoms with Gasteiger partial charge in [-0.25, -0.2) is 0 Å². The predicted octanol–water partition coefficient (Wildman–Crippen LogP) is -0.0833. The molecule has 1 heterocycles. The third-order valence-electron chi connectivity index (χ3n) is 2.12. The SMILES string of the molecule is C#CCC1CNCCN1CC#C. The van der Waals surface area contributed by atoms with Gasteiger partial charge in [-0.15, -0.1) is 18.8 Å². The first-order valence-corrected chi connectivity index (χ1v) is 4.20. The molecule has 0 saturated carbocycles. The monoisotopic (exact) mass is 162 g/mol. The summed E-state index contributed by atoms with van der Waals surface area (Å²) in [6.45, 7) is 3.71. The van der Waals surface area contributed by atoms with Crippen molar-refractivity contribution in [3.05, 3.63) is 0 Å². The van der Waals surface area contributed by atoms with Gasteiger partial charge in [-0.1, -0.05) is 5.92 Å². The zero-order valence-electron chi connectivity index (χ0n) is 7.21. The molecule has 0 radical (unpaired) electrons. The van der Waals surface area contributed by atoms with E-state index in [2.05, 4.69) is 22.1 Å². The Bertz CT molecular complexity index is 185. The zero-order valence-corrected chi connectivity index (χ0v) is 7.21. The van der Waals surface area contributed by atoms with Crippen LogP contribution in [0.1, 0.15) is 6.42 Å². The predicted molar refractivity (Wildman–Crippen MR) is 50.5 cm³/mol. The highest BCUT2D eigenvalue weighted by atomic mass is 15.2. The van der Waals surface area contributed by atoms with E-state index in [0.717, 1.165) is 26.1 Å². The second-order valence-corrected chi connectivity index (χ2v) is 2.94. The van der Waals surface area contributed by atoms with Crippen molar-refractivity contribution in [1.29, 1.82) is 0 Å². The Hall–Kier alpha value is -0.960. The van der Waals surface area contributed by atoms with E-state index < -0.39 is 0 Å². The lowest BCUT2D eigenvalue weighted by Crippen LogP contribution is -2.51. The number of terminal acetylenes is 2. The van der Waals surface area contributed by atoms with Gasteiger partial charge in [0.2, 0.25) is 0 Å². The Kier molecular flexibility index (Phi) is 3.67. The van der Waals surface area contributed by atoms with Crippen molar-refractivity contribution in [2.24, 2.45) is 0 Å². The first-order chi connectivity index (χ1) is 5.88. The van der Waals surface area contributed by atoms with Crippen LogP contribution in [-0.2, 0) is 0 Å². The Morgan fingerprint density at radius 3 is 2.92 bits per heavy atom. The van der Waals surface area contributed by atoms with Crippen molar-refractivity contribution in [2.75, 3.05) is 26.2 Å². The summed E-state index contributed by atoms with van der Waals surface area (Å²) in [5.74, 6) is 5.33. The smallest absolute Gasteiger partial charge is 0.0602 e. The van der Waals surface area contributed by atoms with Crippen LogP contribution in [-0.4, -0.2) is 37.1 Å². The van der Waals surface area contributed by atoms with E-state index in [1.54, 1.807) is 0 Å². The Balaban J connectivity index is 2.44. The molecule has 1 N–H and O–H groups in total. The summed E-state index contributed by atoms with van der Waals surface area (Å²) in [6, 6.07) is 0.430. The standard InChI is InChI=1S/C10H14N2/c1-3-5-10-9-11-6-8-12(10)7-4-2/h1-2,10-11H,5-9H2. The van der Waals surface area contributed by atoms with E-state index in [9.17, 15) is 0 Å². The van der Waals surface area contributed by atoms with Crippen LogP contribution in [0, 0.1) is 24.7 Å². The number of nitrogens with zero attached hydrogens (tertiary/aromatic N) is 1. The fraction of sp³-hybridized carbons (Fsp3) is 0.600. The molecule has 12 heavy (non-hydrogen) atoms. The minimum absolute atomic E-state index is 0.430. The molecule has 1 saturated heterocycles. The summed E-state index contributed by atoms with van der Waals surface area (Å²) in [4.78, 5) is 2.26. The highest BCUT2D eigenvalue weighted by molar-refractivity contribution is 4.97. The van der Waals surface area contributed by atoms with Crippen LogP contribution in [0.3, 0.4) is 0 Å². The van der Waals surface area contributed by atoms with Crippen LogP contribution in [0.15, 0.2) is 0 Å². The number of rotatable bonds is 2. The van der Waals surface area contributed by atoms with Crippen LogP contribution >= 0.6 is 0 Å². The van der Waals surface area contributed by atoms with E-state index in [1.165, 1.54) is 0 Å². The van der Waals surface area contributed by atoms with Gasteiger partial charge in [-0.2, -0.15) is 0 Å². The minimum atomic E-state index is 0.430. The molecule has 0 bridgehead atoms. The van der Waals surface area contributed by atoms with E-state index in [4.69, 9.17) is 12.8 Å². The maximum atomic E-state index is 5.26. The van der Waals surface area contributed by atoms with Gasteiger partial charge >= 0.3 is 0 Å². The van der Waals surface area contributed by atoms with Gasteiger partial charge in [0.15, 0.2) is 0 Å². The van der Waals surface area contributed by atoms with E-state index in [1.807, 2.05) is 0 Å². The number of piperazine rings is 1. The molecule has 1 aliphatic rings. The molecule has 2 heteroatoms. The van der Waals surface area contributed by atoms with Crippen molar-refractivity contribution in [1.82, 2.24) is 10.2 Å². The van der Waals surface area contributed by atoms with E-state index >= 15 is 0 Å². The summed E-state index contributed by atoms with van der Waals surface area (Å²) in [5.41, 5.74) is 0. The lowest BCUT2D eigenvalue weighted by molar-refractivity contribution is 0.185. The van der Waals surface area contributed by atoms with Gasteiger partial charge in [0.25, 0.3) is 0 Å². The molecule has 2 nitrogen and oxygen atoms in total. The van der Waals surface area contributed by atoms with Crippen LogP contribution in [0.2, 0.25) is 0 Å². The molecule has 1 rings (SSSR count). The van der Waals surface area contributed by atoms with Crippen LogP contribution < -0.4 is 5.32 Å². The van der Waals surface area contributed by atoms with Crippen LogP contribution in [0.5, 0.6) is 0 Å². The molecule has 0 aliphatic carbocycles. The molecule has 1 unspecified atom stereocenters. The van der Waals surface area contributed by atoms with Crippen LogP contribution in [0.4, 0.5) is 0 Å². The van der Waals surface area contributed by atoms with Crippen molar-refractivity contribution in [3.8, 4) is 24.7 Å². The molecular weight excluding hydrogens is 148 g/mol. The van der Waals surface area contributed by atoms with E-state index in [-0.39, 0.29) is 0 Å². The molecule has 1 aliphatic heterocycles. The summed E-state index contributed by atoms with van der Waals surface area (Å²) >= 11 is 0.